The molecule has 8 heteroatoms. The number of carbonyl (C=O) groups excluding carboxylic acids is 2. The molecule has 0 radical (unpaired) electrons. The van der Waals surface area contributed by atoms with Gasteiger partial charge in [0.05, 0.1) is 25.0 Å². The van der Waals surface area contributed by atoms with Crippen LogP contribution >= 0.6 is 0 Å². The van der Waals surface area contributed by atoms with E-state index in [1.54, 1.807) is 23.1 Å². The van der Waals surface area contributed by atoms with Gasteiger partial charge in [0, 0.05) is 44.1 Å². The van der Waals surface area contributed by atoms with Gasteiger partial charge in [0.25, 0.3) is 5.91 Å². The molecule has 192 valence electrons. The van der Waals surface area contributed by atoms with Crippen LogP contribution in [-0.4, -0.2) is 78.3 Å². The summed E-state index contributed by atoms with van der Waals surface area (Å²) in [6.07, 6.45) is 0.404. The number of carbonyl (C=O) groups is 2. The lowest BCUT2D eigenvalue weighted by Gasteiger charge is -2.31. The van der Waals surface area contributed by atoms with E-state index in [-0.39, 0.29) is 36.1 Å². The van der Waals surface area contributed by atoms with Crippen molar-refractivity contribution in [2.24, 2.45) is 11.0 Å². The molecule has 0 aromatic heterocycles. The molecule has 0 N–H and O–H groups in total. The van der Waals surface area contributed by atoms with Gasteiger partial charge in [-0.3, -0.25) is 14.5 Å². The van der Waals surface area contributed by atoms with Crippen molar-refractivity contribution in [2.75, 3.05) is 45.9 Å². The highest BCUT2D eigenvalue weighted by atomic mass is 19.1. The number of halogens is 1. The molecule has 0 spiro atoms. The third-order valence-electron chi connectivity index (χ3n) is 6.73. The van der Waals surface area contributed by atoms with Crippen LogP contribution in [0.5, 0.6) is 0 Å². The van der Waals surface area contributed by atoms with Crippen LogP contribution < -0.4 is 0 Å². The molecule has 1 saturated heterocycles. The molecule has 7 nitrogen and oxygen atoms in total. The summed E-state index contributed by atoms with van der Waals surface area (Å²) >= 11 is 0. The van der Waals surface area contributed by atoms with Crippen molar-refractivity contribution in [2.45, 2.75) is 33.2 Å². The monoisotopic (exact) mass is 494 g/mol. The first-order chi connectivity index (χ1) is 17.3. The standard InChI is InChI=1S/C28H35FN4O3/c1-20(2)28(35)32(13-12-31-14-16-36-17-15-31)19-27(34)33-26(22-10-8-21(3)9-11-22)18-25(30-33)23-6-4-5-7-24(23)29/h4-11,20,26H,12-19H2,1-3H3. The van der Waals surface area contributed by atoms with Crippen molar-refractivity contribution in [3.63, 3.8) is 0 Å². The third kappa shape index (κ3) is 6.17. The molecule has 2 aromatic rings. The van der Waals surface area contributed by atoms with Crippen molar-refractivity contribution >= 4 is 17.5 Å². The first-order valence-electron chi connectivity index (χ1n) is 12.6. The molecule has 2 amide bonds. The smallest absolute Gasteiger partial charge is 0.262 e. The number of ether oxygens (including phenoxy) is 1. The fraction of sp³-hybridized carbons (Fsp3) is 0.464. The van der Waals surface area contributed by atoms with Gasteiger partial charge in [-0.1, -0.05) is 61.9 Å². The van der Waals surface area contributed by atoms with Crippen molar-refractivity contribution in [3.05, 3.63) is 71.0 Å². The lowest BCUT2D eigenvalue weighted by molar-refractivity contribution is -0.143. The maximum Gasteiger partial charge on any atom is 0.262 e. The molecule has 0 bridgehead atoms. The minimum atomic E-state index is -0.365. The van der Waals surface area contributed by atoms with E-state index in [9.17, 15) is 14.0 Å². The normalized spacial score (nSPS) is 18.4. The zero-order valence-electron chi connectivity index (χ0n) is 21.3. The average molecular weight is 495 g/mol. The molecule has 1 fully saturated rings. The number of aryl methyl sites for hydroxylation is 1. The number of hydrogen-bond donors (Lipinski definition) is 0. The van der Waals surface area contributed by atoms with E-state index in [1.807, 2.05) is 45.0 Å². The Bertz CT molecular complexity index is 1100. The summed E-state index contributed by atoms with van der Waals surface area (Å²) in [7, 11) is 0. The van der Waals surface area contributed by atoms with Gasteiger partial charge in [-0.25, -0.2) is 9.40 Å². The fourth-order valence-electron chi connectivity index (χ4n) is 4.60. The Morgan fingerprint density at radius 2 is 1.81 bits per heavy atom. The molecule has 4 rings (SSSR count). The highest BCUT2D eigenvalue weighted by Gasteiger charge is 2.35. The lowest BCUT2D eigenvalue weighted by atomic mass is 9.97. The van der Waals surface area contributed by atoms with Crippen LogP contribution in [0.3, 0.4) is 0 Å². The topological polar surface area (TPSA) is 65.5 Å². The van der Waals surface area contributed by atoms with Gasteiger partial charge >= 0.3 is 0 Å². The summed E-state index contributed by atoms with van der Waals surface area (Å²) in [6.45, 7) is 9.74. The molecule has 2 aliphatic rings. The molecule has 0 aliphatic carbocycles. The van der Waals surface area contributed by atoms with E-state index >= 15 is 0 Å². The molecule has 2 aromatic carbocycles. The Kier molecular flexibility index (Phi) is 8.48. The van der Waals surface area contributed by atoms with Gasteiger partial charge in [0.1, 0.15) is 12.4 Å². The van der Waals surface area contributed by atoms with E-state index in [1.165, 1.54) is 11.1 Å². The van der Waals surface area contributed by atoms with Gasteiger partial charge in [-0.15, -0.1) is 0 Å². The summed E-state index contributed by atoms with van der Waals surface area (Å²) < 4.78 is 20.0. The highest BCUT2D eigenvalue weighted by molar-refractivity contribution is 6.03. The fourth-order valence-corrected chi connectivity index (χ4v) is 4.60. The van der Waals surface area contributed by atoms with Gasteiger partial charge < -0.3 is 9.64 Å². The number of hydrogen-bond acceptors (Lipinski definition) is 5. The first-order valence-corrected chi connectivity index (χ1v) is 12.6. The second-order valence-corrected chi connectivity index (χ2v) is 9.76. The minimum absolute atomic E-state index is 0.0685. The van der Waals surface area contributed by atoms with Crippen LogP contribution in [0.2, 0.25) is 0 Å². The van der Waals surface area contributed by atoms with Crippen LogP contribution in [-0.2, 0) is 14.3 Å². The maximum absolute atomic E-state index is 14.6. The van der Waals surface area contributed by atoms with Gasteiger partial charge in [-0.2, -0.15) is 5.10 Å². The van der Waals surface area contributed by atoms with Crippen LogP contribution in [0, 0.1) is 18.7 Å². The Balaban J connectivity index is 1.57. The molecular weight excluding hydrogens is 459 g/mol. The Labute approximate surface area is 212 Å². The maximum atomic E-state index is 14.6. The van der Waals surface area contributed by atoms with E-state index in [0.29, 0.717) is 44.0 Å². The quantitative estimate of drug-likeness (QED) is 0.562. The second kappa shape index (κ2) is 11.8. The zero-order chi connectivity index (χ0) is 25.7. The molecule has 0 saturated carbocycles. The molecule has 1 atom stereocenters. The number of hydrazone groups is 1. The minimum Gasteiger partial charge on any atom is -0.379 e. The summed E-state index contributed by atoms with van der Waals surface area (Å²) in [6, 6.07) is 14.1. The summed E-state index contributed by atoms with van der Waals surface area (Å²) in [5.41, 5.74) is 2.97. The summed E-state index contributed by atoms with van der Waals surface area (Å²) in [4.78, 5) is 30.5. The Hall–Kier alpha value is -3.10. The van der Waals surface area contributed by atoms with Crippen molar-refractivity contribution in [1.29, 1.82) is 0 Å². The van der Waals surface area contributed by atoms with Crippen LogP contribution in [0.15, 0.2) is 53.6 Å². The molecule has 2 heterocycles. The summed E-state index contributed by atoms with van der Waals surface area (Å²) in [5.74, 6) is -0.939. The Morgan fingerprint density at radius 3 is 2.47 bits per heavy atom. The van der Waals surface area contributed by atoms with Crippen molar-refractivity contribution in [3.8, 4) is 0 Å². The van der Waals surface area contributed by atoms with Crippen molar-refractivity contribution < 1.29 is 18.7 Å². The van der Waals surface area contributed by atoms with E-state index in [4.69, 9.17) is 4.74 Å². The first kappa shape index (κ1) is 26.0. The van der Waals surface area contributed by atoms with E-state index in [2.05, 4.69) is 10.0 Å². The van der Waals surface area contributed by atoms with Gasteiger partial charge in [0.2, 0.25) is 5.91 Å². The number of nitrogens with zero attached hydrogens (tertiary/aromatic N) is 4. The molecule has 2 aliphatic heterocycles. The average Bonchev–Trinajstić information content (AvgIpc) is 3.32. The van der Waals surface area contributed by atoms with Crippen molar-refractivity contribution in [1.82, 2.24) is 14.8 Å². The van der Waals surface area contributed by atoms with E-state index < -0.39 is 0 Å². The Morgan fingerprint density at radius 1 is 1.11 bits per heavy atom. The largest absolute Gasteiger partial charge is 0.379 e. The zero-order valence-corrected chi connectivity index (χ0v) is 21.3. The van der Waals surface area contributed by atoms with Crippen LogP contribution in [0.1, 0.15) is 43.0 Å². The SMILES string of the molecule is Cc1ccc(C2CC(c3ccccc3F)=NN2C(=O)CN(CCN2CCOCC2)C(=O)C(C)C)cc1. The molecule has 36 heavy (non-hydrogen) atoms. The third-order valence-corrected chi connectivity index (χ3v) is 6.73. The van der Waals surface area contributed by atoms with Crippen LogP contribution in [0.4, 0.5) is 4.39 Å². The number of rotatable bonds is 8. The van der Waals surface area contributed by atoms with Gasteiger partial charge in [0.15, 0.2) is 0 Å². The number of amides is 2. The van der Waals surface area contributed by atoms with Gasteiger partial charge in [-0.05, 0) is 18.6 Å². The van der Waals surface area contributed by atoms with E-state index in [0.717, 1.165) is 24.2 Å². The number of benzene rings is 2. The summed E-state index contributed by atoms with van der Waals surface area (Å²) in [5, 5.41) is 6.05. The highest BCUT2D eigenvalue weighted by Crippen LogP contribution is 2.33. The molecular formula is C28H35FN4O3. The lowest BCUT2D eigenvalue weighted by Crippen LogP contribution is -2.47. The van der Waals surface area contributed by atoms with Crippen LogP contribution in [0.25, 0.3) is 0 Å². The predicted octanol–water partition coefficient (Wildman–Crippen LogP) is 3.63. The predicted molar refractivity (Wildman–Crippen MR) is 137 cm³/mol. The number of morpholine rings is 1. The second-order valence-electron chi connectivity index (χ2n) is 9.76. The molecule has 1 unspecified atom stereocenters.